The number of nitrogens with one attached hydrogen (secondary N) is 1. The highest BCUT2D eigenvalue weighted by molar-refractivity contribution is 7.89. The van der Waals surface area contributed by atoms with Crippen molar-refractivity contribution in [3.05, 3.63) is 29.8 Å². The number of nitrogens with zero attached hydrogens (tertiary/aromatic N) is 1. The molecular weight excluding hydrogens is 314 g/mol. The second kappa shape index (κ2) is 7.42. The molecule has 3 N–H and O–H groups in total. The van der Waals surface area contributed by atoms with Crippen LogP contribution < -0.4 is 10.5 Å². The molecule has 23 heavy (non-hydrogen) atoms. The Morgan fingerprint density at radius 3 is 2.57 bits per heavy atom. The van der Waals surface area contributed by atoms with Gasteiger partial charge in [0, 0.05) is 31.2 Å². The molecule has 0 radical (unpaired) electrons. The van der Waals surface area contributed by atoms with Gasteiger partial charge >= 0.3 is 0 Å². The molecule has 1 amide bonds. The van der Waals surface area contributed by atoms with Crippen LogP contribution in [-0.4, -0.2) is 44.9 Å². The van der Waals surface area contributed by atoms with Gasteiger partial charge in [-0.1, -0.05) is 13.8 Å². The van der Waals surface area contributed by atoms with Crippen molar-refractivity contribution >= 4 is 15.9 Å². The minimum atomic E-state index is -3.53. The van der Waals surface area contributed by atoms with E-state index in [1.165, 1.54) is 12.1 Å². The highest BCUT2D eigenvalue weighted by Crippen LogP contribution is 2.15. The number of hydrogen-bond donors (Lipinski definition) is 2. The van der Waals surface area contributed by atoms with E-state index in [4.69, 9.17) is 5.73 Å². The van der Waals surface area contributed by atoms with Crippen LogP contribution in [0.15, 0.2) is 29.2 Å². The van der Waals surface area contributed by atoms with Gasteiger partial charge in [-0.15, -0.1) is 0 Å². The molecule has 0 spiro atoms. The van der Waals surface area contributed by atoms with Gasteiger partial charge in [-0.3, -0.25) is 4.79 Å². The second-order valence-corrected chi connectivity index (χ2v) is 8.19. The number of amides is 1. The minimum Gasteiger partial charge on any atom is -0.337 e. The maximum absolute atomic E-state index is 12.4. The van der Waals surface area contributed by atoms with E-state index < -0.39 is 10.0 Å². The van der Waals surface area contributed by atoms with Crippen LogP contribution in [0, 0.1) is 5.92 Å². The summed E-state index contributed by atoms with van der Waals surface area (Å²) >= 11 is 0. The van der Waals surface area contributed by atoms with Crippen molar-refractivity contribution in [2.75, 3.05) is 19.6 Å². The SMILES string of the molecule is CC(C)CNS(=O)(=O)c1ccc(C(=O)N2CCCC(N)C2)cc1. The summed E-state index contributed by atoms with van der Waals surface area (Å²) in [4.78, 5) is 14.3. The molecule has 0 aliphatic carbocycles. The fourth-order valence-electron chi connectivity index (χ4n) is 2.51. The van der Waals surface area contributed by atoms with Crippen LogP contribution in [0.4, 0.5) is 0 Å². The zero-order valence-corrected chi connectivity index (χ0v) is 14.5. The quantitative estimate of drug-likeness (QED) is 0.842. The lowest BCUT2D eigenvalue weighted by Crippen LogP contribution is -2.45. The van der Waals surface area contributed by atoms with Crippen molar-refractivity contribution in [2.45, 2.75) is 37.6 Å². The summed E-state index contributed by atoms with van der Waals surface area (Å²) in [6.07, 6.45) is 1.83. The molecule has 0 aromatic heterocycles. The van der Waals surface area contributed by atoms with Crippen molar-refractivity contribution in [3.63, 3.8) is 0 Å². The molecule has 0 bridgehead atoms. The Hall–Kier alpha value is -1.44. The molecule has 1 aromatic rings. The molecule has 0 saturated carbocycles. The highest BCUT2D eigenvalue weighted by Gasteiger charge is 2.23. The summed E-state index contributed by atoms with van der Waals surface area (Å²) in [7, 11) is -3.53. The van der Waals surface area contributed by atoms with E-state index in [0.717, 1.165) is 12.8 Å². The third kappa shape index (κ3) is 4.76. The van der Waals surface area contributed by atoms with Gasteiger partial charge in [-0.2, -0.15) is 0 Å². The van der Waals surface area contributed by atoms with E-state index in [1.807, 2.05) is 13.8 Å². The normalized spacial score (nSPS) is 19.1. The fraction of sp³-hybridized carbons (Fsp3) is 0.562. The van der Waals surface area contributed by atoms with Gasteiger partial charge in [0.15, 0.2) is 0 Å². The lowest BCUT2D eigenvalue weighted by molar-refractivity contribution is 0.0708. The van der Waals surface area contributed by atoms with Crippen LogP contribution in [0.2, 0.25) is 0 Å². The first-order chi connectivity index (χ1) is 10.8. The monoisotopic (exact) mass is 339 g/mol. The maximum Gasteiger partial charge on any atom is 0.253 e. The molecule has 1 aliphatic rings. The van der Waals surface area contributed by atoms with Crippen molar-refractivity contribution in [1.82, 2.24) is 9.62 Å². The first kappa shape index (κ1) is 17.9. The van der Waals surface area contributed by atoms with Gasteiger partial charge in [0.2, 0.25) is 10.0 Å². The average molecular weight is 339 g/mol. The number of carbonyl (C=O) groups is 1. The minimum absolute atomic E-state index is 0.0209. The molecule has 1 aromatic carbocycles. The molecule has 7 heteroatoms. The molecule has 1 saturated heterocycles. The summed E-state index contributed by atoms with van der Waals surface area (Å²) in [6.45, 7) is 5.51. The van der Waals surface area contributed by atoms with Gasteiger partial charge in [0.1, 0.15) is 0 Å². The summed E-state index contributed by atoms with van der Waals surface area (Å²) < 4.78 is 26.8. The van der Waals surface area contributed by atoms with Gasteiger partial charge in [0.25, 0.3) is 5.91 Å². The molecule has 2 rings (SSSR count). The molecule has 1 heterocycles. The summed E-state index contributed by atoms with van der Waals surface area (Å²) in [5.74, 6) is 0.133. The van der Waals surface area contributed by atoms with Crippen LogP contribution in [0.25, 0.3) is 0 Å². The standard InChI is InChI=1S/C16H25N3O3S/c1-12(2)10-18-23(21,22)15-7-5-13(6-8-15)16(20)19-9-3-4-14(17)11-19/h5-8,12,14,18H,3-4,9-11,17H2,1-2H3. The predicted molar refractivity (Wildman–Crippen MR) is 89.6 cm³/mol. The Balaban J connectivity index is 2.08. The van der Waals surface area contributed by atoms with Gasteiger partial charge < -0.3 is 10.6 Å². The first-order valence-electron chi connectivity index (χ1n) is 7.94. The average Bonchev–Trinajstić information content (AvgIpc) is 2.52. The molecule has 1 unspecified atom stereocenters. The number of sulfonamides is 1. The number of hydrogen-bond acceptors (Lipinski definition) is 4. The zero-order valence-electron chi connectivity index (χ0n) is 13.7. The lowest BCUT2D eigenvalue weighted by atomic mass is 10.1. The summed E-state index contributed by atoms with van der Waals surface area (Å²) in [5.41, 5.74) is 6.39. The number of piperidine rings is 1. The van der Waals surface area contributed by atoms with Crippen molar-refractivity contribution in [2.24, 2.45) is 11.7 Å². The Morgan fingerprint density at radius 1 is 1.35 bits per heavy atom. The van der Waals surface area contributed by atoms with E-state index in [1.54, 1.807) is 17.0 Å². The van der Waals surface area contributed by atoms with Crippen LogP contribution >= 0.6 is 0 Å². The number of rotatable bonds is 5. The van der Waals surface area contributed by atoms with Gasteiger partial charge in [0.05, 0.1) is 4.90 Å². The Bertz CT molecular complexity index is 641. The van der Waals surface area contributed by atoms with Crippen molar-refractivity contribution in [3.8, 4) is 0 Å². The van der Waals surface area contributed by atoms with Crippen LogP contribution in [0.3, 0.4) is 0 Å². The smallest absolute Gasteiger partial charge is 0.253 e. The molecule has 128 valence electrons. The fourth-order valence-corrected chi connectivity index (χ4v) is 3.73. The molecule has 1 aliphatic heterocycles. The van der Waals surface area contributed by atoms with Crippen LogP contribution in [-0.2, 0) is 10.0 Å². The molecule has 1 atom stereocenters. The lowest BCUT2D eigenvalue weighted by Gasteiger charge is -2.30. The zero-order chi connectivity index (χ0) is 17.0. The summed E-state index contributed by atoms with van der Waals surface area (Å²) in [6, 6.07) is 6.09. The largest absolute Gasteiger partial charge is 0.337 e. The first-order valence-corrected chi connectivity index (χ1v) is 9.42. The van der Waals surface area contributed by atoms with E-state index in [0.29, 0.717) is 25.2 Å². The number of nitrogens with two attached hydrogens (primary N) is 1. The maximum atomic E-state index is 12.4. The van der Waals surface area contributed by atoms with E-state index in [-0.39, 0.29) is 22.8 Å². The van der Waals surface area contributed by atoms with E-state index in [2.05, 4.69) is 4.72 Å². The van der Waals surface area contributed by atoms with Crippen molar-refractivity contribution < 1.29 is 13.2 Å². The van der Waals surface area contributed by atoms with E-state index >= 15 is 0 Å². The Labute approximate surface area is 138 Å². The van der Waals surface area contributed by atoms with Gasteiger partial charge in [-0.05, 0) is 43.0 Å². The third-order valence-corrected chi connectivity index (χ3v) is 5.28. The highest BCUT2D eigenvalue weighted by atomic mass is 32.2. The third-order valence-electron chi connectivity index (χ3n) is 3.84. The molecule has 1 fully saturated rings. The Kier molecular flexibility index (Phi) is 5.78. The van der Waals surface area contributed by atoms with E-state index in [9.17, 15) is 13.2 Å². The number of likely N-dealkylation sites (tertiary alicyclic amines) is 1. The van der Waals surface area contributed by atoms with Crippen LogP contribution in [0.5, 0.6) is 0 Å². The molecular formula is C16H25N3O3S. The summed E-state index contributed by atoms with van der Waals surface area (Å²) in [5, 5.41) is 0. The van der Waals surface area contributed by atoms with Gasteiger partial charge in [-0.25, -0.2) is 13.1 Å². The topological polar surface area (TPSA) is 92.5 Å². The second-order valence-electron chi connectivity index (χ2n) is 6.42. The Morgan fingerprint density at radius 2 is 2.00 bits per heavy atom. The number of benzene rings is 1. The van der Waals surface area contributed by atoms with Crippen LogP contribution in [0.1, 0.15) is 37.0 Å². The predicted octanol–water partition coefficient (Wildman–Crippen LogP) is 1.18. The van der Waals surface area contributed by atoms with Crippen molar-refractivity contribution in [1.29, 1.82) is 0 Å². The molecule has 6 nitrogen and oxygen atoms in total. The number of carbonyl (C=O) groups excluding carboxylic acids is 1.